The Morgan fingerprint density at radius 1 is 1.16 bits per heavy atom. The number of alkyl carbamates (subject to hydrolysis) is 1. The molecule has 0 saturated carbocycles. The van der Waals surface area contributed by atoms with Crippen LogP contribution in [0.3, 0.4) is 0 Å². The summed E-state index contributed by atoms with van der Waals surface area (Å²) in [6.07, 6.45) is 0.701. The predicted molar refractivity (Wildman–Crippen MR) is 95.9 cm³/mol. The van der Waals surface area contributed by atoms with Gasteiger partial charge >= 0.3 is 6.09 Å². The number of ether oxygens (including phenoxy) is 3. The van der Waals surface area contributed by atoms with Crippen molar-refractivity contribution < 1.29 is 23.8 Å². The summed E-state index contributed by atoms with van der Waals surface area (Å²) in [6, 6.07) is 7.00. The molecule has 0 aliphatic carbocycles. The molecule has 25 heavy (non-hydrogen) atoms. The van der Waals surface area contributed by atoms with Crippen LogP contribution in [0.2, 0.25) is 0 Å². The van der Waals surface area contributed by atoms with Crippen LogP contribution in [0, 0.1) is 5.92 Å². The highest BCUT2D eigenvalue weighted by molar-refractivity contribution is 5.96. The molecule has 0 spiro atoms. The first-order chi connectivity index (χ1) is 11.7. The average Bonchev–Trinajstić information content (AvgIpc) is 2.51. The van der Waals surface area contributed by atoms with Crippen molar-refractivity contribution in [3.63, 3.8) is 0 Å². The number of hydrogen-bond acceptors (Lipinski definition) is 5. The largest absolute Gasteiger partial charge is 0.468 e. The molecule has 0 bridgehead atoms. The highest BCUT2D eigenvalue weighted by Crippen LogP contribution is 2.17. The zero-order valence-corrected chi connectivity index (χ0v) is 15.8. The standard InChI is InChI=1S/C19H29NO5/c1-14(10-11-20-18(22)25-19(2,3)4)12-17(21)15-6-8-16(9-7-15)24-13-23-5/h6-9,14H,10-13H2,1-5H3,(H,20,22). The summed E-state index contributed by atoms with van der Waals surface area (Å²) in [4.78, 5) is 23.9. The van der Waals surface area contributed by atoms with E-state index in [-0.39, 0.29) is 18.5 Å². The number of Topliss-reactive ketones (excluding diaryl/α,β-unsaturated/α-hetero) is 1. The van der Waals surface area contributed by atoms with Crippen LogP contribution in [0.5, 0.6) is 5.75 Å². The van der Waals surface area contributed by atoms with Gasteiger partial charge in [0.25, 0.3) is 0 Å². The number of ketones is 1. The van der Waals surface area contributed by atoms with Gasteiger partial charge in [-0.3, -0.25) is 4.79 Å². The summed E-state index contributed by atoms with van der Waals surface area (Å²) in [5.41, 5.74) is 0.141. The fourth-order valence-corrected chi connectivity index (χ4v) is 2.14. The number of carbonyl (C=O) groups excluding carboxylic acids is 2. The summed E-state index contributed by atoms with van der Waals surface area (Å²) < 4.78 is 15.3. The maximum Gasteiger partial charge on any atom is 0.407 e. The summed E-state index contributed by atoms with van der Waals surface area (Å²) >= 11 is 0. The van der Waals surface area contributed by atoms with Gasteiger partial charge in [0, 0.05) is 25.6 Å². The zero-order chi connectivity index (χ0) is 18.9. The summed E-state index contributed by atoms with van der Waals surface area (Å²) in [7, 11) is 1.55. The van der Waals surface area contributed by atoms with Crippen LogP contribution in [0.4, 0.5) is 4.79 Å². The third-order valence-electron chi connectivity index (χ3n) is 3.36. The Kier molecular flexibility index (Phi) is 8.41. The van der Waals surface area contributed by atoms with Gasteiger partial charge in [-0.1, -0.05) is 6.92 Å². The van der Waals surface area contributed by atoms with E-state index in [0.29, 0.717) is 30.7 Å². The fraction of sp³-hybridized carbons (Fsp3) is 0.579. The maximum absolute atomic E-state index is 12.3. The van der Waals surface area contributed by atoms with Crippen LogP contribution in [-0.2, 0) is 9.47 Å². The van der Waals surface area contributed by atoms with Gasteiger partial charge in [0.1, 0.15) is 11.4 Å². The van der Waals surface area contributed by atoms with Gasteiger partial charge in [-0.2, -0.15) is 0 Å². The number of carbonyl (C=O) groups is 2. The van der Waals surface area contributed by atoms with E-state index in [9.17, 15) is 9.59 Å². The smallest absolute Gasteiger partial charge is 0.407 e. The monoisotopic (exact) mass is 351 g/mol. The second-order valence-corrected chi connectivity index (χ2v) is 7.03. The molecule has 1 N–H and O–H groups in total. The van der Waals surface area contributed by atoms with E-state index in [1.165, 1.54) is 0 Å². The summed E-state index contributed by atoms with van der Waals surface area (Å²) in [6.45, 7) is 8.10. The van der Waals surface area contributed by atoms with E-state index < -0.39 is 11.7 Å². The third-order valence-corrected chi connectivity index (χ3v) is 3.36. The van der Waals surface area contributed by atoms with Crippen molar-refractivity contribution in [2.24, 2.45) is 5.92 Å². The van der Waals surface area contributed by atoms with Crippen molar-refractivity contribution in [2.45, 2.75) is 46.1 Å². The lowest BCUT2D eigenvalue weighted by molar-refractivity contribution is 0.0510. The van der Waals surface area contributed by atoms with Gasteiger partial charge in [0.05, 0.1) is 0 Å². The molecule has 1 aromatic carbocycles. The lowest BCUT2D eigenvalue weighted by Crippen LogP contribution is -2.33. The SMILES string of the molecule is COCOc1ccc(C(=O)CC(C)CCNC(=O)OC(C)(C)C)cc1. The molecule has 1 amide bonds. The Bertz CT molecular complexity index is 548. The van der Waals surface area contributed by atoms with Gasteiger partial charge in [-0.05, 0) is 57.4 Å². The van der Waals surface area contributed by atoms with Crippen molar-refractivity contribution in [1.82, 2.24) is 5.32 Å². The molecular weight excluding hydrogens is 322 g/mol. The molecule has 0 heterocycles. The maximum atomic E-state index is 12.3. The van der Waals surface area contributed by atoms with E-state index in [1.54, 1.807) is 31.4 Å². The fourth-order valence-electron chi connectivity index (χ4n) is 2.14. The number of methoxy groups -OCH3 is 1. The van der Waals surface area contributed by atoms with E-state index in [4.69, 9.17) is 14.2 Å². The Morgan fingerprint density at radius 2 is 1.80 bits per heavy atom. The van der Waals surface area contributed by atoms with E-state index in [2.05, 4.69) is 5.32 Å². The first-order valence-corrected chi connectivity index (χ1v) is 8.43. The molecule has 1 atom stereocenters. The van der Waals surface area contributed by atoms with Gasteiger partial charge in [-0.25, -0.2) is 4.79 Å². The van der Waals surface area contributed by atoms with Crippen LogP contribution in [0.1, 0.15) is 50.9 Å². The first kappa shape index (κ1) is 21.0. The minimum absolute atomic E-state index is 0.0723. The third kappa shape index (κ3) is 9.10. The topological polar surface area (TPSA) is 73.9 Å². The van der Waals surface area contributed by atoms with Gasteiger partial charge in [0.15, 0.2) is 12.6 Å². The number of amides is 1. The Hall–Kier alpha value is -2.08. The van der Waals surface area contributed by atoms with Crippen LogP contribution >= 0.6 is 0 Å². The van der Waals surface area contributed by atoms with Crippen molar-refractivity contribution in [3.05, 3.63) is 29.8 Å². The summed E-state index contributed by atoms with van der Waals surface area (Å²) in [5, 5.41) is 2.71. The Balaban J connectivity index is 2.35. The normalized spacial score (nSPS) is 12.4. The van der Waals surface area contributed by atoms with E-state index in [1.807, 2.05) is 27.7 Å². The average molecular weight is 351 g/mol. The summed E-state index contributed by atoms with van der Waals surface area (Å²) in [5.74, 6) is 0.892. The minimum Gasteiger partial charge on any atom is -0.468 e. The van der Waals surface area contributed by atoms with Crippen LogP contribution in [0.25, 0.3) is 0 Å². The molecule has 0 aromatic heterocycles. The van der Waals surface area contributed by atoms with Crippen molar-refractivity contribution in [2.75, 3.05) is 20.4 Å². The minimum atomic E-state index is -0.509. The number of hydrogen-bond donors (Lipinski definition) is 1. The quantitative estimate of drug-likeness (QED) is 0.541. The molecule has 0 saturated heterocycles. The lowest BCUT2D eigenvalue weighted by atomic mass is 9.97. The van der Waals surface area contributed by atoms with Crippen molar-refractivity contribution in [3.8, 4) is 5.75 Å². The molecular formula is C19H29NO5. The zero-order valence-electron chi connectivity index (χ0n) is 15.8. The second-order valence-electron chi connectivity index (χ2n) is 7.03. The van der Waals surface area contributed by atoms with Crippen LogP contribution < -0.4 is 10.1 Å². The molecule has 1 rings (SSSR count). The van der Waals surface area contributed by atoms with E-state index in [0.717, 1.165) is 0 Å². The highest BCUT2D eigenvalue weighted by atomic mass is 16.7. The van der Waals surface area contributed by atoms with Gasteiger partial charge in [0.2, 0.25) is 0 Å². The molecule has 6 heteroatoms. The van der Waals surface area contributed by atoms with Gasteiger partial charge < -0.3 is 19.5 Å². The molecule has 0 aliphatic heterocycles. The molecule has 1 aromatic rings. The first-order valence-electron chi connectivity index (χ1n) is 8.43. The Morgan fingerprint density at radius 3 is 2.36 bits per heavy atom. The predicted octanol–water partition coefficient (Wildman–Crippen LogP) is 3.79. The lowest BCUT2D eigenvalue weighted by Gasteiger charge is -2.20. The number of nitrogens with one attached hydrogen (secondary N) is 1. The molecule has 140 valence electrons. The molecule has 1 unspecified atom stereocenters. The number of rotatable bonds is 9. The molecule has 6 nitrogen and oxygen atoms in total. The van der Waals surface area contributed by atoms with Gasteiger partial charge in [-0.15, -0.1) is 0 Å². The van der Waals surface area contributed by atoms with Crippen molar-refractivity contribution in [1.29, 1.82) is 0 Å². The van der Waals surface area contributed by atoms with Crippen LogP contribution in [-0.4, -0.2) is 37.9 Å². The molecule has 0 fully saturated rings. The highest BCUT2D eigenvalue weighted by Gasteiger charge is 2.16. The van der Waals surface area contributed by atoms with E-state index >= 15 is 0 Å². The van der Waals surface area contributed by atoms with Crippen molar-refractivity contribution >= 4 is 11.9 Å². The molecule has 0 aliphatic rings. The number of benzene rings is 1. The Labute approximate surface area is 149 Å². The second kappa shape index (κ2) is 10.0. The molecule has 0 radical (unpaired) electrons. The van der Waals surface area contributed by atoms with Crippen LogP contribution in [0.15, 0.2) is 24.3 Å².